The maximum Gasteiger partial charge on any atom is 0.203 e. The molecule has 0 aliphatic heterocycles. The molecule has 0 fully saturated rings. The van der Waals surface area contributed by atoms with E-state index < -0.39 is 0 Å². The first kappa shape index (κ1) is 17.5. The molecule has 0 aliphatic carbocycles. The number of nitrogens with zero attached hydrogens (tertiary/aromatic N) is 1. The van der Waals surface area contributed by atoms with E-state index in [0.29, 0.717) is 28.9 Å². The van der Waals surface area contributed by atoms with Gasteiger partial charge in [0, 0.05) is 11.1 Å². The lowest BCUT2D eigenvalue weighted by Gasteiger charge is -2.14. The molecule has 0 radical (unpaired) electrons. The number of hydrogen-bond donors (Lipinski definition) is 2. The largest absolute Gasteiger partial charge is 0.497 e. The van der Waals surface area contributed by atoms with Crippen LogP contribution in [0.5, 0.6) is 23.0 Å². The number of hydrogen-bond acceptors (Lipinski definition) is 6. The number of imidazole rings is 1. The van der Waals surface area contributed by atoms with Crippen molar-refractivity contribution in [1.29, 1.82) is 0 Å². The second-order valence-electron chi connectivity index (χ2n) is 5.49. The number of benzene rings is 2. The standard InChI is InChI=1S/C19H21N3O4/c1-23-13-7-5-6-11(8-13)16-17(22-19(20)21-16)12-9-14(24-2)18(26-4)15(10-12)25-3/h5-10H,1-4H3,(H3,20,21,22). The number of nitrogens with two attached hydrogens (primary N) is 1. The van der Waals surface area contributed by atoms with Crippen LogP contribution in [0.4, 0.5) is 5.95 Å². The molecule has 0 unspecified atom stereocenters. The predicted molar refractivity (Wildman–Crippen MR) is 100 cm³/mol. The van der Waals surface area contributed by atoms with Crippen molar-refractivity contribution in [2.75, 3.05) is 34.2 Å². The molecule has 26 heavy (non-hydrogen) atoms. The molecule has 0 saturated carbocycles. The fourth-order valence-corrected chi connectivity index (χ4v) is 2.81. The Hall–Kier alpha value is -3.35. The Bertz CT molecular complexity index is 896. The van der Waals surface area contributed by atoms with Gasteiger partial charge in [0.15, 0.2) is 17.4 Å². The minimum Gasteiger partial charge on any atom is -0.497 e. The third-order valence-electron chi connectivity index (χ3n) is 4.02. The quantitative estimate of drug-likeness (QED) is 0.704. The van der Waals surface area contributed by atoms with Crippen molar-refractivity contribution in [3.63, 3.8) is 0 Å². The van der Waals surface area contributed by atoms with Crippen molar-refractivity contribution in [1.82, 2.24) is 9.97 Å². The number of aromatic amines is 1. The number of nitrogen functional groups attached to an aromatic ring is 1. The molecular weight excluding hydrogens is 334 g/mol. The van der Waals surface area contributed by atoms with E-state index in [1.807, 2.05) is 36.4 Å². The van der Waals surface area contributed by atoms with Crippen LogP contribution in [0.15, 0.2) is 36.4 Å². The first-order valence-electron chi connectivity index (χ1n) is 7.91. The molecule has 1 heterocycles. The number of rotatable bonds is 6. The van der Waals surface area contributed by atoms with Gasteiger partial charge in [-0.3, -0.25) is 0 Å². The van der Waals surface area contributed by atoms with Crippen LogP contribution in [-0.2, 0) is 0 Å². The SMILES string of the molecule is COc1cccc(-c2[nH]c(N)nc2-c2cc(OC)c(OC)c(OC)c2)c1. The van der Waals surface area contributed by atoms with Gasteiger partial charge in [0.25, 0.3) is 0 Å². The fourth-order valence-electron chi connectivity index (χ4n) is 2.81. The molecule has 3 aromatic rings. The van der Waals surface area contributed by atoms with Crippen LogP contribution in [0.1, 0.15) is 0 Å². The maximum absolute atomic E-state index is 5.94. The van der Waals surface area contributed by atoms with Crippen molar-refractivity contribution >= 4 is 5.95 Å². The Morgan fingerprint density at radius 1 is 0.846 bits per heavy atom. The van der Waals surface area contributed by atoms with Crippen molar-refractivity contribution in [2.45, 2.75) is 0 Å². The van der Waals surface area contributed by atoms with Gasteiger partial charge >= 0.3 is 0 Å². The summed E-state index contributed by atoms with van der Waals surface area (Å²) in [6.07, 6.45) is 0. The van der Waals surface area contributed by atoms with E-state index >= 15 is 0 Å². The Labute approximate surface area is 151 Å². The zero-order chi connectivity index (χ0) is 18.7. The Kier molecular flexibility index (Phi) is 4.88. The molecule has 1 aromatic heterocycles. The molecule has 3 rings (SSSR count). The number of aromatic nitrogens is 2. The van der Waals surface area contributed by atoms with Crippen molar-refractivity contribution in [3.8, 4) is 45.5 Å². The highest BCUT2D eigenvalue weighted by molar-refractivity contribution is 5.82. The summed E-state index contributed by atoms with van der Waals surface area (Å²) in [6, 6.07) is 11.3. The van der Waals surface area contributed by atoms with Crippen LogP contribution >= 0.6 is 0 Å². The lowest BCUT2D eigenvalue weighted by molar-refractivity contribution is 0.324. The van der Waals surface area contributed by atoms with Crippen molar-refractivity contribution < 1.29 is 18.9 Å². The van der Waals surface area contributed by atoms with Crippen LogP contribution in [0.3, 0.4) is 0 Å². The highest BCUT2D eigenvalue weighted by atomic mass is 16.5. The maximum atomic E-state index is 5.94. The molecule has 136 valence electrons. The molecule has 0 bridgehead atoms. The third kappa shape index (κ3) is 3.11. The normalized spacial score (nSPS) is 10.5. The molecule has 0 saturated heterocycles. The molecule has 3 N–H and O–H groups in total. The van der Waals surface area contributed by atoms with Gasteiger partial charge in [0.1, 0.15) is 5.75 Å². The van der Waals surface area contributed by atoms with Crippen LogP contribution in [-0.4, -0.2) is 38.4 Å². The van der Waals surface area contributed by atoms with Crippen LogP contribution < -0.4 is 24.7 Å². The summed E-state index contributed by atoms with van der Waals surface area (Å²) >= 11 is 0. The van der Waals surface area contributed by atoms with Crippen LogP contribution in [0.2, 0.25) is 0 Å². The van der Waals surface area contributed by atoms with Crippen LogP contribution in [0.25, 0.3) is 22.5 Å². The van der Waals surface area contributed by atoms with Gasteiger partial charge in [0.2, 0.25) is 5.75 Å². The summed E-state index contributed by atoms with van der Waals surface area (Å²) in [5, 5.41) is 0. The summed E-state index contributed by atoms with van der Waals surface area (Å²) in [5.41, 5.74) is 9.07. The summed E-state index contributed by atoms with van der Waals surface area (Å²) < 4.78 is 21.6. The number of methoxy groups -OCH3 is 4. The summed E-state index contributed by atoms with van der Waals surface area (Å²) in [5.74, 6) is 2.66. The molecule has 0 aliphatic rings. The summed E-state index contributed by atoms with van der Waals surface area (Å²) in [6.45, 7) is 0. The third-order valence-corrected chi connectivity index (χ3v) is 4.02. The number of H-pyrrole nitrogens is 1. The van der Waals surface area contributed by atoms with Gasteiger partial charge in [-0.25, -0.2) is 4.98 Å². The average molecular weight is 355 g/mol. The zero-order valence-electron chi connectivity index (χ0n) is 15.1. The van der Waals surface area contributed by atoms with E-state index in [0.717, 1.165) is 22.6 Å². The molecule has 7 heteroatoms. The van der Waals surface area contributed by atoms with E-state index in [9.17, 15) is 0 Å². The van der Waals surface area contributed by atoms with Crippen LogP contribution in [0, 0.1) is 0 Å². The van der Waals surface area contributed by atoms with Crippen molar-refractivity contribution in [2.24, 2.45) is 0 Å². The predicted octanol–water partition coefficient (Wildman–Crippen LogP) is 3.36. The Morgan fingerprint density at radius 3 is 2.12 bits per heavy atom. The first-order valence-corrected chi connectivity index (χ1v) is 7.91. The second-order valence-corrected chi connectivity index (χ2v) is 5.49. The molecular formula is C19H21N3O4. The second kappa shape index (κ2) is 7.26. The molecule has 0 atom stereocenters. The van der Waals surface area contributed by atoms with E-state index in [2.05, 4.69) is 9.97 Å². The molecule has 7 nitrogen and oxygen atoms in total. The lowest BCUT2D eigenvalue weighted by Crippen LogP contribution is -1.96. The average Bonchev–Trinajstić information content (AvgIpc) is 3.08. The number of anilines is 1. The first-order chi connectivity index (χ1) is 12.6. The van der Waals surface area contributed by atoms with Gasteiger partial charge in [-0.05, 0) is 24.3 Å². The monoisotopic (exact) mass is 355 g/mol. The van der Waals surface area contributed by atoms with E-state index in [-0.39, 0.29) is 0 Å². The fraction of sp³-hybridized carbons (Fsp3) is 0.211. The highest BCUT2D eigenvalue weighted by Crippen LogP contribution is 2.43. The number of ether oxygens (including phenoxy) is 4. The molecule has 2 aromatic carbocycles. The zero-order valence-corrected chi connectivity index (χ0v) is 15.1. The van der Waals surface area contributed by atoms with Gasteiger partial charge < -0.3 is 29.7 Å². The van der Waals surface area contributed by atoms with Gasteiger partial charge in [-0.1, -0.05) is 12.1 Å². The summed E-state index contributed by atoms with van der Waals surface area (Å²) in [4.78, 5) is 7.56. The minimum absolute atomic E-state index is 0.312. The topological polar surface area (TPSA) is 91.6 Å². The van der Waals surface area contributed by atoms with Crippen molar-refractivity contribution in [3.05, 3.63) is 36.4 Å². The Balaban J connectivity index is 2.19. The lowest BCUT2D eigenvalue weighted by atomic mass is 10.0. The smallest absolute Gasteiger partial charge is 0.203 e. The van der Waals surface area contributed by atoms with Gasteiger partial charge in [-0.15, -0.1) is 0 Å². The highest BCUT2D eigenvalue weighted by Gasteiger charge is 2.19. The minimum atomic E-state index is 0.312. The Morgan fingerprint density at radius 2 is 1.54 bits per heavy atom. The molecule has 0 amide bonds. The van der Waals surface area contributed by atoms with E-state index in [4.69, 9.17) is 24.7 Å². The summed E-state index contributed by atoms with van der Waals surface area (Å²) in [7, 11) is 6.33. The van der Waals surface area contributed by atoms with Gasteiger partial charge in [-0.2, -0.15) is 0 Å². The van der Waals surface area contributed by atoms with E-state index in [1.54, 1.807) is 28.4 Å². The molecule has 0 spiro atoms. The van der Waals surface area contributed by atoms with E-state index in [1.165, 1.54) is 0 Å². The number of nitrogens with one attached hydrogen (secondary N) is 1. The van der Waals surface area contributed by atoms with Gasteiger partial charge in [0.05, 0.1) is 39.8 Å².